The van der Waals surface area contributed by atoms with E-state index in [-0.39, 0.29) is 6.29 Å². The van der Waals surface area contributed by atoms with E-state index in [1.165, 1.54) is 5.56 Å². The average Bonchev–Trinajstić information content (AvgIpc) is 2.35. The zero-order chi connectivity index (χ0) is 12.7. The number of benzene rings is 1. The molecule has 0 spiro atoms. The van der Waals surface area contributed by atoms with Crippen LogP contribution in [-0.4, -0.2) is 33.3 Å². The summed E-state index contributed by atoms with van der Waals surface area (Å²) < 4.78 is 10.1. The quantitative estimate of drug-likeness (QED) is 0.560. The Morgan fingerprint density at radius 3 is 2.18 bits per heavy atom. The van der Waals surface area contributed by atoms with Crippen molar-refractivity contribution in [3.63, 3.8) is 0 Å². The van der Waals surface area contributed by atoms with Crippen molar-refractivity contribution < 1.29 is 9.47 Å². The van der Waals surface area contributed by atoms with Crippen molar-refractivity contribution >= 4 is 6.21 Å². The van der Waals surface area contributed by atoms with Crippen LogP contribution in [0.4, 0.5) is 0 Å². The van der Waals surface area contributed by atoms with Crippen molar-refractivity contribution in [3.8, 4) is 0 Å². The van der Waals surface area contributed by atoms with Crippen molar-refractivity contribution in [1.82, 2.24) is 0 Å². The predicted octanol–water partition coefficient (Wildman–Crippen LogP) is 2.85. The van der Waals surface area contributed by atoms with Gasteiger partial charge in [-0.2, -0.15) is 0 Å². The molecule has 0 radical (unpaired) electrons. The van der Waals surface area contributed by atoms with Gasteiger partial charge in [-0.25, -0.2) is 0 Å². The van der Waals surface area contributed by atoms with Crippen LogP contribution in [-0.2, 0) is 9.47 Å². The minimum atomic E-state index is -0.263. The van der Waals surface area contributed by atoms with Crippen LogP contribution in [0.5, 0.6) is 0 Å². The van der Waals surface area contributed by atoms with E-state index in [9.17, 15) is 0 Å². The Bertz CT molecular complexity index is 340. The molecule has 0 aliphatic heterocycles. The Morgan fingerprint density at radius 1 is 1.12 bits per heavy atom. The first-order valence-corrected chi connectivity index (χ1v) is 5.82. The third-order valence-electron chi connectivity index (χ3n) is 2.62. The second kappa shape index (κ2) is 7.20. The van der Waals surface area contributed by atoms with Gasteiger partial charge < -0.3 is 9.47 Å². The maximum Gasteiger partial charge on any atom is 0.176 e. The number of nitrogens with zero attached hydrogens (tertiary/aromatic N) is 1. The highest BCUT2D eigenvalue weighted by Gasteiger charge is 2.01. The molecule has 0 aliphatic rings. The Labute approximate surface area is 103 Å². The van der Waals surface area contributed by atoms with Crippen molar-refractivity contribution in [3.05, 3.63) is 35.4 Å². The van der Waals surface area contributed by atoms with E-state index in [1.807, 2.05) is 6.21 Å². The third kappa shape index (κ3) is 4.67. The van der Waals surface area contributed by atoms with Gasteiger partial charge >= 0.3 is 0 Å². The molecule has 94 valence electrons. The molecule has 0 aromatic heterocycles. The van der Waals surface area contributed by atoms with E-state index in [1.54, 1.807) is 14.2 Å². The van der Waals surface area contributed by atoms with Crippen LogP contribution in [0.1, 0.15) is 30.9 Å². The summed E-state index contributed by atoms with van der Waals surface area (Å²) in [7, 11) is 3.22. The first-order chi connectivity index (χ1) is 8.17. The SMILES string of the molecule is COC(C/N=C/c1ccc(C(C)C)cc1)OC. The van der Waals surface area contributed by atoms with Gasteiger partial charge in [0.15, 0.2) is 6.29 Å². The van der Waals surface area contributed by atoms with Crippen LogP contribution >= 0.6 is 0 Å². The molecular formula is C14H21NO2. The predicted molar refractivity (Wildman–Crippen MR) is 70.8 cm³/mol. The molecule has 3 heteroatoms. The third-order valence-corrected chi connectivity index (χ3v) is 2.62. The van der Waals surface area contributed by atoms with Crippen LogP contribution in [0.3, 0.4) is 0 Å². The molecule has 0 N–H and O–H groups in total. The van der Waals surface area contributed by atoms with Crippen LogP contribution in [0.25, 0.3) is 0 Å². The summed E-state index contributed by atoms with van der Waals surface area (Å²) in [6.45, 7) is 4.88. The Morgan fingerprint density at radius 2 is 1.71 bits per heavy atom. The highest BCUT2D eigenvalue weighted by atomic mass is 16.7. The molecular weight excluding hydrogens is 214 g/mol. The summed E-state index contributed by atoms with van der Waals surface area (Å²) in [6, 6.07) is 8.42. The fourth-order valence-corrected chi connectivity index (χ4v) is 1.46. The number of hydrogen-bond donors (Lipinski definition) is 0. The summed E-state index contributed by atoms with van der Waals surface area (Å²) in [5.41, 5.74) is 2.44. The highest BCUT2D eigenvalue weighted by molar-refractivity contribution is 5.79. The van der Waals surface area contributed by atoms with Gasteiger partial charge in [0.05, 0.1) is 6.54 Å². The van der Waals surface area contributed by atoms with E-state index < -0.39 is 0 Å². The van der Waals surface area contributed by atoms with Crippen molar-refractivity contribution in [2.24, 2.45) is 4.99 Å². The van der Waals surface area contributed by atoms with Crippen LogP contribution in [0.15, 0.2) is 29.3 Å². The van der Waals surface area contributed by atoms with Gasteiger partial charge in [-0.1, -0.05) is 38.1 Å². The number of ether oxygens (including phenoxy) is 2. The van der Waals surface area contributed by atoms with Crippen LogP contribution in [0, 0.1) is 0 Å². The monoisotopic (exact) mass is 235 g/mol. The molecule has 0 heterocycles. The molecule has 0 amide bonds. The Hall–Kier alpha value is -1.19. The standard InChI is InChI=1S/C14H21NO2/c1-11(2)13-7-5-12(6-8-13)9-15-10-14(16-3)17-4/h5-9,11,14H,10H2,1-4H3/b15-9+. The summed E-state index contributed by atoms with van der Waals surface area (Å²) >= 11 is 0. The van der Waals surface area contributed by atoms with E-state index in [0.29, 0.717) is 12.5 Å². The summed E-state index contributed by atoms with van der Waals surface area (Å²) in [5, 5.41) is 0. The molecule has 0 saturated heterocycles. The Balaban J connectivity index is 2.54. The second-order valence-electron chi connectivity index (χ2n) is 4.22. The molecule has 1 aromatic rings. The maximum absolute atomic E-state index is 5.05. The molecule has 0 bridgehead atoms. The molecule has 0 atom stereocenters. The fraction of sp³-hybridized carbons (Fsp3) is 0.500. The summed E-state index contributed by atoms with van der Waals surface area (Å²) in [5.74, 6) is 0.562. The minimum absolute atomic E-state index is 0.263. The molecule has 17 heavy (non-hydrogen) atoms. The van der Waals surface area contributed by atoms with Gasteiger partial charge in [0.25, 0.3) is 0 Å². The molecule has 1 rings (SSSR count). The van der Waals surface area contributed by atoms with E-state index >= 15 is 0 Å². The molecule has 0 fully saturated rings. The summed E-state index contributed by atoms with van der Waals surface area (Å²) in [4.78, 5) is 4.28. The van der Waals surface area contributed by atoms with E-state index in [0.717, 1.165) is 5.56 Å². The largest absolute Gasteiger partial charge is 0.354 e. The fourth-order valence-electron chi connectivity index (χ4n) is 1.46. The Kier molecular flexibility index (Phi) is 5.87. The molecule has 0 aliphatic carbocycles. The van der Waals surface area contributed by atoms with Crippen molar-refractivity contribution in [2.75, 3.05) is 20.8 Å². The first kappa shape index (κ1) is 13.9. The zero-order valence-electron chi connectivity index (χ0n) is 11.0. The van der Waals surface area contributed by atoms with Crippen molar-refractivity contribution in [1.29, 1.82) is 0 Å². The lowest BCUT2D eigenvalue weighted by Crippen LogP contribution is -2.16. The van der Waals surface area contributed by atoms with Crippen LogP contribution in [0.2, 0.25) is 0 Å². The topological polar surface area (TPSA) is 30.8 Å². The number of methoxy groups -OCH3 is 2. The smallest absolute Gasteiger partial charge is 0.176 e. The second-order valence-corrected chi connectivity index (χ2v) is 4.22. The van der Waals surface area contributed by atoms with Gasteiger partial charge in [-0.15, -0.1) is 0 Å². The van der Waals surface area contributed by atoms with Gasteiger partial charge in [-0.3, -0.25) is 4.99 Å². The van der Waals surface area contributed by atoms with Gasteiger partial charge in [0.1, 0.15) is 0 Å². The minimum Gasteiger partial charge on any atom is -0.354 e. The molecule has 0 saturated carbocycles. The molecule has 3 nitrogen and oxygen atoms in total. The maximum atomic E-state index is 5.05. The average molecular weight is 235 g/mol. The van der Waals surface area contributed by atoms with E-state index in [4.69, 9.17) is 9.47 Å². The number of aliphatic imine (C=N–C) groups is 1. The van der Waals surface area contributed by atoms with Gasteiger partial charge in [-0.05, 0) is 17.0 Å². The van der Waals surface area contributed by atoms with Gasteiger partial charge in [0.2, 0.25) is 0 Å². The lowest BCUT2D eigenvalue weighted by molar-refractivity contribution is -0.0936. The molecule has 0 unspecified atom stereocenters. The number of rotatable bonds is 6. The highest BCUT2D eigenvalue weighted by Crippen LogP contribution is 2.13. The van der Waals surface area contributed by atoms with Crippen molar-refractivity contribution in [2.45, 2.75) is 26.1 Å². The molecule has 1 aromatic carbocycles. The number of hydrogen-bond acceptors (Lipinski definition) is 3. The normalized spacial score (nSPS) is 11.9. The lowest BCUT2D eigenvalue weighted by atomic mass is 10.0. The first-order valence-electron chi connectivity index (χ1n) is 5.82. The van der Waals surface area contributed by atoms with Gasteiger partial charge in [0, 0.05) is 20.4 Å². The summed E-state index contributed by atoms with van der Waals surface area (Å²) in [6.07, 6.45) is 1.58. The van der Waals surface area contributed by atoms with Crippen LogP contribution < -0.4 is 0 Å². The lowest BCUT2D eigenvalue weighted by Gasteiger charge is -2.09. The van der Waals surface area contributed by atoms with E-state index in [2.05, 4.69) is 43.1 Å². The zero-order valence-corrected chi connectivity index (χ0v) is 11.0.